The Bertz CT molecular complexity index is 613. The molecule has 0 bridgehead atoms. The first-order chi connectivity index (χ1) is 8.61. The lowest BCUT2D eigenvalue weighted by molar-refractivity contribution is 0.0979. The molecule has 2 rings (SSSR count). The molecule has 0 saturated heterocycles. The van der Waals surface area contributed by atoms with Crippen molar-refractivity contribution < 1.29 is 4.79 Å². The summed E-state index contributed by atoms with van der Waals surface area (Å²) in [6.07, 6.45) is 0. The normalized spacial score (nSPS) is 11.8. The number of thiophene rings is 1. The minimum Gasteiger partial charge on any atom is -0.292 e. The molecular formula is C13H7Br2NOS. The molecule has 0 radical (unpaired) electrons. The van der Waals surface area contributed by atoms with Crippen molar-refractivity contribution in [3.05, 3.63) is 55.1 Å². The summed E-state index contributed by atoms with van der Waals surface area (Å²) in [5, 5.41) is 11.0. The van der Waals surface area contributed by atoms with E-state index in [1.54, 1.807) is 23.6 Å². The van der Waals surface area contributed by atoms with Gasteiger partial charge in [0.1, 0.15) is 5.92 Å². The van der Waals surface area contributed by atoms with Crippen LogP contribution in [0.4, 0.5) is 0 Å². The molecule has 1 aromatic heterocycles. The second-order valence-corrected chi connectivity index (χ2v) is 6.82. The minimum absolute atomic E-state index is 0.165. The molecule has 0 aliphatic rings. The molecule has 90 valence electrons. The molecular weight excluding hydrogens is 378 g/mol. The average molecular weight is 385 g/mol. The van der Waals surface area contributed by atoms with Gasteiger partial charge in [-0.05, 0) is 39.7 Å². The van der Waals surface area contributed by atoms with E-state index in [2.05, 4.69) is 37.9 Å². The fourth-order valence-corrected chi connectivity index (χ4v) is 2.96. The zero-order valence-electron chi connectivity index (χ0n) is 9.06. The number of ketones is 1. The first-order valence-electron chi connectivity index (χ1n) is 5.05. The van der Waals surface area contributed by atoms with Gasteiger partial charge < -0.3 is 0 Å². The maximum absolute atomic E-state index is 12.2. The fraction of sp³-hybridized carbons (Fsp3) is 0.0769. The van der Waals surface area contributed by atoms with Gasteiger partial charge >= 0.3 is 0 Å². The van der Waals surface area contributed by atoms with Gasteiger partial charge in [-0.25, -0.2) is 0 Å². The van der Waals surface area contributed by atoms with E-state index < -0.39 is 5.92 Å². The molecule has 0 aliphatic heterocycles. The Morgan fingerprint density at radius 1 is 1.28 bits per heavy atom. The summed E-state index contributed by atoms with van der Waals surface area (Å²) in [7, 11) is 0. The van der Waals surface area contributed by atoms with Crippen LogP contribution in [0.1, 0.15) is 21.8 Å². The number of carbonyl (C=O) groups excluding carboxylic acids is 1. The molecule has 5 heteroatoms. The van der Waals surface area contributed by atoms with Crippen molar-refractivity contribution in [1.29, 1.82) is 5.26 Å². The highest BCUT2D eigenvalue weighted by atomic mass is 79.9. The summed E-state index contributed by atoms with van der Waals surface area (Å²) in [5.41, 5.74) is 1.29. The van der Waals surface area contributed by atoms with Crippen LogP contribution in [0.2, 0.25) is 0 Å². The third kappa shape index (κ3) is 2.89. The van der Waals surface area contributed by atoms with Crippen LogP contribution in [0.25, 0.3) is 0 Å². The minimum atomic E-state index is -0.750. The molecule has 1 heterocycles. The fourth-order valence-electron chi connectivity index (χ4n) is 1.55. The van der Waals surface area contributed by atoms with Crippen molar-refractivity contribution >= 4 is 49.0 Å². The lowest BCUT2D eigenvalue weighted by atomic mass is 9.93. The van der Waals surface area contributed by atoms with E-state index in [0.29, 0.717) is 11.1 Å². The number of halogens is 2. The van der Waals surface area contributed by atoms with Crippen molar-refractivity contribution in [3.8, 4) is 6.07 Å². The zero-order valence-corrected chi connectivity index (χ0v) is 13.0. The van der Waals surface area contributed by atoms with Crippen LogP contribution < -0.4 is 0 Å². The van der Waals surface area contributed by atoms with E-state index in [1.165, 1.54) is 11.3 Å². The second-order valence-electron chi connectivity index (χ2n) is 3.62. The monoisotopic (exact) mass is 383 g/mol. The van der Waals surface area contributed by atoms with E-state index in [9.17, 15) is 10.1 Å². The maximum Gasteiger partial charge on any atom is 0.185 e. The molecule has 0 N–H and O–H groups in total. The summed E-state index contributed by atoms with van der Waals surface area (Å²) in [4.78, 5) is 12.2. The number of nitriles is 1. The molecule has 1 unspecified atom stereocenters. The standard InChI is InChI=1S/C13H7Br2NOS/c14-10-3-1-8(2-4-10)11(6-16)13(17)9-5-12(15)18-7-9/h1-5,7,11H. The highest BCUT2D eigenvalue weighted by Gasteiger charge is 2.22. The first-order valence-corrected chi connectivity index (χ1v) is 7.51. The predicted molar refractivity (Wildman–Crippen MR) is 78.8 cm³/mol. The van der Waals surface area contributed by atoms with Crippen LogP contribution >= 0.6 is 43.2 Å². The quantitative estimate of drug-likeness (QED) is 0.715. The Hall–Kier alpha value is -0.960. The summed E-state index contributed by atoms with van der Waals surface area (Å²) in [6.45, 7) is 0. The Kier molecular flexibility index (Phi) is 4.33. The van der Waals surface area contributed by atoms with Crippen LogP contribution in [-0.2, 0) is 0 Å². The van der Waals surface area contributed by atoms with Gasteiger partial charge in [0.2, 0.25) is 0 Å². The van der Waals surface area contributed by atoms with E-state index >= 15 is 0 Å². The van der Waals surface area contributed by atoms with Gasteiger partial charge in [0.05, 0.1) is 9.86 Å². The van der Waals surface area contributed by atoms with Crippen molar-refractivity contribution in [1.82, 2.24) is 0 Å². The summed E-state index contributed by atoms with van der Waals surface area (Å²) in [5.74, 6) is -0.915. The van der Waals surface area contributed by atoms with Gasteiger partial charge in [0.25, 0.3) is 0 Å². The van der Waals surface area contributed by atoms with Gasteiger partial charge in [-0.1, -0.05) is 28.1 Å². The molecule has 0 fully saturated rings. The molecule has 0 spiro atoms. The van der Waals surface area contributed by atoms with Crippen molar-refractivity contribution in [2.75, 3.05) is 0 Å². The van der Waals surface area contributed by atoms with Crippen LogP contribution in [0.3, 0.4) is 0 Å². The number of hydrogen-bond acceptors (Lipinski definition) is 3. The van der Waals surface area contributed by atoms with E-state index in [-0.39, 0.29) is 5.78 Å². The number of Topliss-reactive ketones (excluding diaryl/α,β-unsaturated/α-hetero) is 1. The van der Waals surface area contributed by atoms with Crippen LogP contribution in [0, 0.1) is 11.3 Å². The first kappa shape index (κ1) is 13.5. The maximum atomic E-state index is 12.2. The Morgan fingerprint density at radius 2 is 1.94 bits per heavy atom. The number of hydrogen-bond donors (Lipinski definition) is 0. The Balaban J connectivity index is 2.32. The molecule has 2 aromatic rings. The number of carbonyl (C=O) groups is 1. The third-order valence-electron chi connectivity index (χ3n) is 2.45. The second kappa shape index (κ2) is 5.79. The lowest BCUT2D eigenvalue weighted by Crippen LogP contribution is -2.10. The Morgan fingerprint density at radius 3 is 2.44 bits per heavy atom. The highest BCUT2D eigenvalue weighted by Crippen LogP contribution is 2.27. The van der Waals surface area contributed by atoms with Gasteiger partial charge in [0.15, 0.2) is 5.78 Å². The van der Waals surface area contributed by atoms with Gasteiger partial charge in [-0.15, -0.1) is 11.3 Å². The predicted octanol–water partition coefficient (Wildman–Crippen LogP) is 4.76. The molecule has 1 atom stereocenters. The molecule has 0 saturated carbocycles. The van der Waals surface area contributed by atoms with E-state index in [4.69, 9.17) is 0 Å². The van der Waals surface area contributed by atoms with Gasteiger partial charge in [0, 0.05) is 15.4 Å². The van der Waals surface area contributed by atoms with Crippen molar-refractivity contribution in [2.45, 2.75) is 5.92 Å². The van der Waals surface area contributed by atoms with Crippen LogP contribution in [0.5, 0.6) is 0 Å². The van der Waals surface area contributed by atoms with Crippen LogP contribution in [0.15, 0.2) is 44.0 Å². The zero-order chi connectivity index (χ0) is 13.1. The van der Waals surface area contributed by atoms with E-state index in [1.807, 2.05) is 12.1 Å². The largest absolute Gasteiger partial charge is 0.292 e. The topological polar surface area (TPSA) is 40.9 Å². The molecule has 2 nitrogen and oxygen atoms in total. The summed E-state index contributed by atoms with van der Waals surface area (Å²) in [6, 6.07) is 11.1. The van der Waals surface area contributed by atoms with Gasteiger partial charge in [-0.3, -0.25) is 4.79 Å². The van der Waals surface area contributed by atoms with Crippen LogP contribution in [-0.4, -0.2) is 5.78 Å². The number of rotatable bonds is 3. The highest BCUT2D eigenvalue weighted by molar-refractivity contribution is 9.11. The molecule has 0 amide bonds. The molecule has 1 aromatic carbocycles. The smallest absolute Gasteiger partial charge is 0.185 e. The Labute approximate surface area is 126 Å². The number of benzene rings is 1. The van der Waals surface area contributed by atoms with E-state index in [0.717, 1.165) is 8.26 Å². The summed E-state index contributed by atoms with van der Waals surface area (Å²) >= 11 is 8.08. The SMILES string of the molecule is N#CC(C(=O)c1csc(Br)c1)c1ccc(Br)cc1. The lowest BCUT2D eigenvalue weighted by Gasteiger charge is -2.07. The summed E-state index contributed by atoms with van der Waals surface area (Å²) < 4.78 is 1.81. The van der Waals surface area contributed by atoms with Crippen molar-refractivity contribution in [2.24, 2.45) is 0 Å². The van der Waals surface area contributed by atoms with Gasteiger partial charge in [-0.2, -0.15) is 5.26 Å². The van der Waals surface area contributed by atoms with Crippen molar-refractivity contribution in [3.63, 3.8) is 0 Å². The third-order valence-corrected chi connectivity index (χ3v) is 4.48. The average Bonchev–Trinajstić information content (AvgIpc) is 2.79. The molecule has 0 aliphatic carbocycles. The molecule has 18 heavy (non-hydrogen) atoms. The number of nitrogens with zero attached hydrogens (tertiary/aromatic N) is 1.